The van der Waals surface area contributed by atoms with Gasteiger partial charge >= 0.3 is 0 Å². The molecule has 4 N–H and O–H groups in total. The molecule has 2 aromatic rings. The minimum atomic E-state index is -0.384. The van der Waals surface area contributed by atoms with Crippen LogP contribution in [0.25, 0.3) is 0 Å². The summed E-state index contributed by atoms with van der Waals surface area (Å²) in [5, 5.41) is 15.2. The van der Waals surface area contributed by atoms with E-state index in [0.29, 0.717) is 24.7 Å². The van der Waals surface area contributed by atoms with Crippen molar-refractivity contribution < 1.29 is 9.90 Å². The number of thiophene rings is 1. The van der Waals surface area contributed by atoms with E-state index in [0.717, 1.165) is 24.4 Å². The van der Waals surface area contributed by atoms with Crippen molar-refractivity contribution in [3.8, 4) is 0 Å². The Balaban J connectivity index is 1.51. The second-order valence-electron chi connectivity index (χ2n) is 6.26. The molecular weight excluding hydrogens is 322 g/mol. The maximum atomic E-state index is 11.1. The molecule has 1 amide bonds. The van der Waals surface area contributed by atoms with Crippen LogP contribution in [0.2, 0.25) is 0 Å². The topological polar surface area (TPSA) is 78.6 Å². The number of primary amides is 1. The van der Waals surface area contributed by atoms with Crippen LogP contribution in [0.15, 0.2) is 41.8 Å². The molecule has 0 spiro atoms. The zero-order valence-corrected chi connectivity index (χ0v) is 14.3. The molecule has 5 nitrogen and oxygen atoms in total. The third-order valence-electron chi connectivity index (χ3n) is 4.35. The number of carbonyl (C=O) groups is 1. The summed E-state index contributed by atoms with van der Waals surface area (Å²) in [5.41, 5.74) is 7.11. The Bertz CT molecular complexity index is 674. The van der Waals surface area contributed by atoms with Gasteiger partial charge in [-0.2, -0.15) is 0 Å². The third-order valence-corrected chi connectivity index (χ3v) is 5.29. The number of amides is 1. The van der Waals surface area contributed by atoms with Gasteiger partial charge < -0.3 is 16.2 Å². The maximum Gasteiger partial charge on any atom is 0.249 e. The van der Waals surface area contributed by atoms with Crippen LogP contribution in [0.5, 0.6) is 0 Å². The Morgan fingerprint density at radius 1 is 1.38 bits per heavy atom. The molecule has 2 heterocycles. The number of aliphatic hydroxyl groups excluding tert-OH is 1. The fourth-order valence-corrected chi connectivity index (χ4v) is 3.99. The van der Waals surface area contributed by atoms with Gasteiger partial charge in [0.1, 0.15) is 0 Å². The van der Waals surface area contributed by atoms with Gasteiger partial charge in [-0.1, -0.05) is 30.3 Å². The first-order valence-electron chi connectivity index (χ1n) is 8.16. The lowest BCUT2D eigenvalue weighted by Crippen LogP contribution is -2.37. The second kappa shape index (κ2) is 7.90. The summed E-state index contributed by atoms with van der Waals surface area (Å²) in [5.74, 6) is -0.384. The van der Waals surface area contributed by atoms with Crippen LogP contribution in [0, 0.1) is 0 Å². The number of aliphatic hydroxyl groups is 1. The molecule has 6 heteroatoms. The molecule has 1 aromatic heterocycles. The van der Waals surface area contributed by atoms with Gasteiger partial charge in [0.2, 0.25) is 5.91 Å². The monoisotopic (exact) mass is 345 g/mol. The van der Waals surface area contributed by atoms with Crippen molar-refractivity contribution in [2.45, 2.75) is 31.7 Å². The van der Waals surface area contributed by atoms with E-state index in [1.165, 1.54) is 16.9 Å². The Kier molecular flexibility index (Phi) is 5.63. The van der Waals surface area contributed by atoms with Crippen LogP contribution in [-0.4, -0.2) is 41.1 Å². The molecule has 1 aromatic carbocycles. The van der Waals surface area contributed by atoms with E-state index < -0.39 is 0 Å². The van der Waals surface area contributed by atoms with Crippen LogP contribution in [0.1, 0.15) is 27.2 Å². The Hall–Kier alpha value is -1.73. The number of nitrogens with two attached hydrogens (primary N) is 1. The van der Waals surface area contributed by atoms with Gasteiger partial charge in [0.05, 0.1) is 11.7 Å². The van der Waals surface area contributed by atoms with Crippen molar-refractivity contribution in [2.24, 2.45) is 5.73 Å². The lowest BCUT2D eigenvalue weighted by Gasteiger charge is -2.24. The standard InChI is InChI=1S/C18H23N3O2S/c19-18(23)14-6-17(24-12-14)9-20-8-15-7-16(22)11-21(15)10-13-4-2-1-3-5-13/h1-6,12,15-16,20,22H,7-11H2,(H2,19,23). The van der Waals surface area contributed by atoms with Gasteiger partial charge in [-0.05, 0) is 18.1 Å². The van der Waals surface area contributed by atoms with E-state index >= 15 is 0 Å². The molecule has 1 aliphatic heterocycles. The lowest BCUT2D eigenvalue weighted by molar-refractivity contribution is 0.100. The average molecular weight is 345 g/mol. The first-order chi connectivity index (χ1) is 11.6. The zero-order valence-electron chi connectivity index (χ0n) is 13.5. The van der Waals surface area contributed by atoms with E-state index in [1.54, 1.807) is 5.38 Å². The van der Waals surface area contributed by atoms with Crippen molar-refractivity contribution >= 4 is 17.2 Å². The molecule has 1 aliphatic rings. The minimum absolute atomic E-state index is 0.260. The lowest BCUT2D eigenvalue weighted by atomic mass is 10.1. The predicted molar refractivity (Wildman–Crippen MR) is 95.8 cm³/mol. The highest BCUT2D eigenvalue weighted by Crippen LogP contribution is 2.20. The summed E-state index contributed by atoms with van der Waals surface area (Å²) in [6.07, 6.45) is 0.528. The molecule has 0 bridgehead atoms. The van der Waals surface area contributed by atoms with E-state index in [2.05, 4.69) is 22.3 Å². The molecule has 128 valence electrons. The van der Waals surface area contributed by atoms with Crippen LogP contribution in [0.3, 0.4) is 0 Å². The van der Waals surface area contributed by atoms with E-state index in [9.17, 15) is 9.90 Å². The highest BCUT2D eigenvalue weighted by atomic mass is 32.1. The van der Waals surface area contributed by atoms with E-state index in [1.807, 2.05) is 24.3 Å². The summed E-state index contributed by atoms with van der Waals surface area (Å²) < 4.78 is 0. The Labute approximate surface area is 146 Å². The average Bonchev–Trinajstić information content (AvgIpc) is 3.16. The summed E-state index contributed by atoms with van der Waals surface area (Å²) in [6, 6.07) is 12.5. The molecular formula is C18H23N3O2S. The smallest absolute Gasteiger partial charge is 0.249 e. The number of hydrogen-bond donors (Lipinski definition) is 3. The maximum absolute atomic E-state index is 11.1. The van der Waals surface area contributed by atoms with Crippen molar-refractivity contribution in [1.82, 2.24) is 10.2 Å². The fraction of sp³-hybridized carbons (Fsp3) is 0.389. The van der Waals surface area contributed by atoms with Crippen LogP contribution >= 0.6 is 11.3 Å². The van der Waals surface area contributed by atoms with Crippen molar-refractivity contribution in [1.29, 1.82) is 0 Å². The van der Waals surface area contributed by atoms with Crippen molar-refractivity contribution in [3.05, 3.63) is 57.8 Å². The van der Waals surface area contributed by atoms with E-state index in [4.69, 9.17) is 5.73 Å². The van der Waals surface area contributed by atoms with Crippen LogP contribution in [-0.2, 0) is 13.1 Å². The van der Waals surface area contributed by atoms with Crippen molar-refractivity contribution in [3.63, 3.8) is 0 Å². The first kappa shape index (κ1) is 17.1. The summed E-state index contributed by atoms with van der Waals surface area (Å²) in [7, 11) is 0. The third kappa shape index (κ3) is 4.42. The molecule has 1 fully saturated rings. The largest absolute Gasteiger partial charge is 0.392 e. The number of carbonyl (C=O) groups excluding carboxylic acids is 1. The predicted octanol–water partition coefficient (Wildman–Crippen LogP) is 1.57. The summed E-state index contributed by atoms with van der Waals surface area (Å²) in [4.78, 5) is 14.5. The number of hydrogen-bond acceptors (Lipinski definition) is 5. The van der Waals surface area contributed by atoms with Gasteiger partial charge in [0.25, 0.3) is 0 Å². The summed E-state index contributed by atoms with van der Waals surface area (Å²) in [6.45, 7) is 3.10. The van der Waals surface area contributed by atoms with Gasteiger partial charge in [-0.25, -0.2) is 0 Å². The highest BCUT2D eigenvalue weighted by Gasteiger charge is 2.30. The molecule has 0 aliphatic carbocycles. The van der Waals surface area contributed by atoms with Gasteiger partial charge in [0.15, 0.2) is 0 Å². The van der Waals surface area contributed by atoms with Crippen LogP contribution in [0.4, 0.5) is 0 Å². The number of nitrogens with zero attached hydrogens (tertiary/aromatic N) is 1. The molecule has 0 radical (unpaired) electrons. The molecule has 2 atom stereocenters. The number of rotatable bonds is 7. The number of benzene rings is 1. The molecule has 0 saturated carbocycles. The quantitative estimate of drug-likeness (QED) is 0.712. The van der Waals surface area contributed by atoms with Crippen molar-refractivity contribution in [2.75, 3.05) is 13.1 Å². The minimum Gasteiger partial charge on any atom is -0.392 e. The molecule has 3 rings (SSSR count). The van der Waals surface area contributed by atoms with Crippen LogP contribution < -0.4 is 11.1 Å². The zero-order chi connectivity index (χ0) is 16.9. The molecule has 1 saturated heterocycles. The highest BCUT2D eigenvalue weighted by molar-refractivity contribution is 7.10. The Morgan fingerprint density at radius 3 is 2.88 bits per heavy atom. The summed E-state index contributed by atoms with van der Waals surface area (Å²) >= 11 is 1.54. The second-order valence-corrected chi connectivity index (χ2v) is 7.25. The Morgan fingerprint density at radius 2 is 2.17 bits per heavy atom. The van der Waals surface area contributed by atoms with Gasteiger partial charge in [-0.3, -0.25) is 9.69 Å². The number of likely N-dealkylation sites (tertiary alicyclic amines) is 1. The SMILES string of the molecule is NC(=O)c1csc(CNCC2CC(O)CN2Cc2ccccc2)c1. The molecule has 2 unspecified atom stereocenters. The van der Waals surface area contributed by atoms with Gasteiger partial charge in [0, 0.05) is 42.5 Å². The normalized spacial score (nSPS) is 21.2. The molecule has 24 heavy (non-hydrogen) atoms. The number of nitrogens with one attached hydrogen (secondary N) is 1. The number of β-amino-alcohol motifs (C(OH)–C–C–N with tert-alkyl or cyclic N) is 1. The van der Waals surface area contributed by atoms with Gasteiger partial charge in [-0.15, -0.1) is 11.3 Å². The van der Waals surface area contributed by atoms with E-state index in [-0.39, 0.29) is 12.0 Å². The fourth-order valence-electron chi connectivity index (χ4n) is 3.15. The first-order valence-corrected chi connectivity index (χ1v) is 9.04.